The van der Waals surface area contributed by atoms with E-state index < -0.39 is 6.35 Å². The van der Waals surface area contributed by atoms with Gasteiger partial charge in [0.2, 0.25) is 6.35 Å². The third-order valence-corrected chi connectivity index (χ3v) is 6.08. The minimum Gasteiger partial charge on any atom is -0.366 e. The highest BCUT2D eigenvalue weighted by Crippen LogP contribution is 2.29. The molecule has 5 rings (SSSR count). The highest BCUT2D eigenvalue weighted by Gasteiger charge is 2.24. The first kappa shape index (κ1) is 22.6. The minimum absolute atomic E-state index is 0.161. The molecule has 0 saturated carbocycles. The van der Waals surface area contributed by atoms with E-state index >= 15 is 0 Å². The molecule has 0 radical (unpaired) electrons. The van der Waals surface area contributed by atoms with Crippen molar-refractivity contribution in [1.29, 1.82) is 5.26 Å². The molecule has 0 aliphatic heterocycles. The minimum atomic E-state index is -1.02. The van der Waals surface area contributed by atoms with E-state index in [1.54, 1.807) is 12.1 Å². The van der Waals surface area contributed by atoms with Gasteiger partial charge in [0.05, 0.1) is 17.1 Å². The Morgan fingerprint density at radius 2 is 1.89 bits per heavy atom. The molecule has 9 heteroatoms. The standard InChI is InChI=1S/C26H27N7O2/c1-26(2,3)22-12-23(33-35-22)32-25(34)31-18-6-5-16-9-19(11-17(16)10-18)30-24-20-8-15(13-27)4-7-21(20)28-14-29-24/h4-8,10,12,14,19,25,31,34H,9,11H2,1-3H3,(H,32,33)(H,28,29,30). The van der Waals surface area contributed by atoms with Crippen LogP contribution >= 0.6 is 0 Å². The van der Waals surface area contributed by atoms with Gasteiger partial charge in [0, 0.05) is 28.6 Å². The molecule has 0 bridgehead atoms. The molecule has 0 fully saturated rings. The third kappa shape index (κ3) is 4.88. The molecule has 0 amide bonds. The molecule has 2 atom stereocenters. The van der Waals surface area contributed by atoms with Crippen LogP contribution in [0.3, 0.4) is 0 Å². The zero-order chi connectivity index (χ0) is 24.6. The van der Waals surface area contributed by atoms with Crippen molar-refractivity contribution in [2.24, 2.45) is 0 Å². The average Bonchev–Trinajstić information content (AvgIpc) is 3.45. The number of hydrogen-bond acceptors (Lipinski definition) is 9. The lowest BCUT2D eigenvalue weighted by Crippen LogP contribution is -2.28. The smallest absolute Gasteiger partial charge is 0.204 e. The lowest BCUT2D eigenvalue weighted by Gasteiger charge is -2.16. The number of hydrogen-bond donors (Lipinski definition) is 4. The summed E-state index contributed by atoms with van der Waals surface area (Å²) >= 11 is 0. The van der Waals surface area contributed by atoms with Crippen LogP contribution in [0.2, 0.25) is 0 Å². The molecular formula is C26H27N7O2. The normalized spacial score (nSPS) is 15.9. The second kappa shape index (κ2) is 8.89. The van der Waals surface area contributed by atoms with Crippen molar-refractivity contribution < 1.29 is 9.63 Å². The maximum atomic E-state index is 10.5. The molecule has 1 aliphatic rings. The summed E-state index contributed by atoms with van der Waals surface area (Å²) in [6.45, 7) is 6.11. The Hall–Kier alpha value is -4.16. The number of aromatic nitrogens is 3. The predicted octanol–water partition coefficient (Wildman–Crippen LogP) is 4.17. The fourth-order valence-electron chi connectivity index (χ4n) is 4.28. The van der Waals surface area contributed by atoms with Crippen LogP contribution < -0.4 is 16.0 Å². The van der Waals surface area contributed by atoms with Crippen molar-refractivity contribution in [3.05, 3.63) is 71.2 Å². The predicted molar refractivity (Wildman–Crippen MR) is 134 cm³/mol. The van der Waals surface area contributed by atoms with Crippen LogP contribution in [0.15, 0.2) is 53.3 Å². The van der Waals surface area contributed by atoms with Crippen LogP contribution in [0.5, 0.6) is 0 Å². The largest absolute Gasteiger partial charge is 0.366 e. The second-order valence-electron chi connectivity index (χ2n) is 9.82. The Kier molecular flexibility index (Phi) is 5.75. The Bertz CT molecular complexity index is 1420. The zero-order valence-electron chi connectivity index (χ0n) is 19.8. The Morgan fingerprint density at radius 3 is 2.66 bits per heavy atom. The van der Waals surface area contributed by atoms with E-state index in [2.05, 4.69) is 49.3 Å². The van der Waals surface area contributed by atoms with Crippen LogP contribution in [-0.2, 0) is 18.3 Å². The van der Waals surface area contributed by atoms with Crippen molar-refractivity contribution in [1.82, 2.24) is 15.1 Å². The molecule has 4 aromatic rings. The van der Waals surface area contributed by atoms with Gasteiger partial charge in [-0.1, -0.05) is 32.0 Å². The monoisotopic (exact) mass is 469 g/mol. The first-order valence-electron chi connectivity index (χ1n) is 11.5. The molecule has 0 spiro atoms. The Morgan fingerprint density at radius 1 is 1.06 bits per heavy atom. The van der Waals surface area contributed by atoms with E-state index in [1.165, 1.54) is 17.5 Å². The second-order valence-corrected chi connectivity index (χ2v) is 9.82. The number of fused-ring (bicyclic) bond motifs is 2. The topological polar surface area (TPSA) is 132 Å². The SMILES string of the molecule is CC(C)(C)c1cc(NC(O)Nc2ccc3c(c2)CC(Nc2ncnc4ccc(C#N)cc24)C3)no1. The van der Waals surface area contributed by atoms with Gasteiger partial charge >= 0.3 is 0 Å². The number of nitrogens with zero attached hydrogens (tertiary/aromatic N) is 4. The van der Waals surface area contributed by atoms with Gasteiger partial charge in [-0.2, -0.15) is 5.26 Å². The molecule has 2 heterocycles. The van der Waals surface area contributed by atoms with Crippen molar-refractivity contribution in [2.75, 3.05) is 16.0 Å². The highest BCUT2D eigenvalue weighted by molar-refractivity contribution is 5.90. The maximum absolute atomic E-state index is 10.5. The lowest BCUT2D eigenvalue weighted by molar-refractivity contribution is 0.231. The van der Waals surface area contributed by atoms with Gasteiger partial charge in [-0.05, 0) is 54.3 Å². The molecule has 178 valence electrons. The number of rotatable bonds is 6. The molecule has 2 aromatic heterocycles. The number of aliphatic hydroxyl groups excluding tert-OH is 1. The first-order valence-corrected chi connectivity index (χ1v) is 11.5. The molecular weight excluding hydrogens is 442 g/mol. The number of nitriles is 1. The van der Waals surface area contributed by atoms with Crippen molar-refractivity contribution in [2.45, 2.75) is 51.4 Å². The van der Waals surface area contributed by atoms with Gasteiger partial charge in [-0.25, -0.2) is 9.97 Å². The summed E-state index contributed by atoms with van der Waals surface area (Å²) in [7, 11) is 0. The summed E-state index contributed by atoms with van der Waals surface area (Å²) in [5.74, 6) is 1.94. The van der Waals surface area contributed by atoms with Crippen molar-refractivity contribution in [3.8, 4) is 6.07 Å². The lowest BCUT2D eigenvalue weighted by atomic mass is 9.93. The number of nitrogens with one attached hydrogen (secondary N) is 3. The third-order valence-electron chi connectivity index (χ3n) is 6.08. The van der Waals surface area contributed by atoms with Gasteiger partial charge < -0.3 is 25.6 Å². The molecule has 9 nitrogen and oxygen atoms in total. The number of anilines is 3. The summed E-state index contributed by atoms with van der Waals surface area (Å²) in [5.41, 5.74) is 4.46. The van der Waals surface area contributed by atoms with Gasteiger partial charge in [0.15, 0.2) is 5.82 Å². The average molecular weight is 470 g/mol. The summed E-state index contributed by atoms with van der Waals surface area (Å²) in [5, 5.41) is 34.0. The Labute approximate surface area is 203 Å². The number of benzene rings is 2. The maximum Gasteiger partial charge on any atom is 0.204 e. The molecule has 0 saturated heterocycles. The number of aliphatic hydroxyl groups is 1. The van der Waals surface area contributed by atoms with Crippen LogP contribution in [0.4, 0.5) is 17.3 Å². The Balaban J connectivity index is 1.24. The van der Waals surface area contributed by atoms with E-state index in [0.717, 1.165) is 41.0 Å². The van der Waals surface area contributed by atoms with Crippen LogP contribution in [0, 0.1) is 11.3 Å². The van der Waals surface area contributed by atoms with Gasteiger partial charge in [-0.3, -0.25) is 0 Å². The first-order chi connectivity index (χ1) is 16.8. The van der Waals surface area contributed by atoms with E-state index in [1.807, 2.05) is 39.0 Å². The summed E-state index contributed by atoms with van der Waals surface area (Å²) in [6, 6.07) is 15.6. The summed E-state index contributed by atoms with van der Waals surface area (Å²) < 4.78 is 5.36. The summed E-state index contributed by atoms with van der Waals surface area (Å²) in [4.78, 5) is 8.73. The molecule has 2 aromatic carbocycles. The van der Waals surface area contributed by atoms with Crippen LogP contribution in [0.25, 0.3) is 10.9 Å². The fourth-order valence-corrected chi connectivity index (χ4v) is 4.28. The molecule has 4 N–H and O–H groups in total. The molecule has 1 aliphatic carbocycles. The van der Waals surface area contributed by atoms with Crippen LogP contribution in [-0.4, -0.2) is 32.6 Å². The van der Waals surface area contributed by atoms with Crippen molar-refractivity contribution in [3.63, 3.8) is 0 Å². The summed E-state index contributed by atoms with van der Waals surface area (Å²) in [6.07, 6.45) is 2.18. The molecule has 35 heavy (non-hydrogen) atoms. The van der Waals surface area contributed by atoms with E-state index in [-0.39, 0.29) is 11.5 Å². The van der Waals surface area contributed by atoms with Gasteiger partial charge in [-0.15, -0.1) is 0 Å². The van der Waals surface area contributed by atoms with E-state index in [4.69, 9.17) is 4.52 Å². The fraction of sp³-hybridized carbons (Fsp3) is 0.308. The van der Waals surface area contributed by atoms with E-state index in [9.17, 15) is 10.4 Å². The molecule has 2 unspecified atom stereocenters. The zero-order valence-corrected chi connectivity index (χ0v) is 19.8. The van der Waals surface area contributed by atoms with Gasteiger partial charge in [0.1, 0.15) is 17.9 Å². The quantitative estimate of drug-likeness (QED) is 0.307. The highest BCUT2D eigenvalue weighted by atomic mass is 16.5. The van der Waals surface area contributed by atoms with Gasteiger partial charge in [0.25, 0.3) is 0 Å². The van der Waals surface area contributed by atoms with Crippen LogP contribution in [0.1, 0.15) is 43.2 Å². The van der Waals surface area contributed by atoms with Crippen molar-refractivity contribution >= 4 is 28.2 Å². The van der Waals surface area contributed by atoms with E-state index in [0.29, 0.717) is 11.4 Å².